The molecule has 2 heterocycles. The number of halogens is 1. The number of carbonyl (C=O) groups excluding carboxylic acids is 1. The molecule has 1 aromatic carbocycles. The Morgan fingerprint density at radius 2 is 2.11 bits per heavy atom. The molecule has 1 saturated heterocycles. The largest absolute Gasteiger partial charge is 0.459 e. The standard InChI is InChI=1S/C15H14FNO2/c16-12-6-2-1-5-11(12)13-7-3-9-17(13)15(18)14-8-4-10-19-14/h1-2,4-6,8,10,13H,3,7,9H2/t13-/m0/s1. The number of rotatable bonds is 2. The SMILES string of the molecule is O=C(c1ccco1)N1CCC[C@H]1c1ccccc1F. The molecule has 0 spiro atoms. The minimum atomic E-state index is -0.258. The van der Waals surface area contributed by atoms with Crippen LogP contribution in [0.2, 0.25) is 0 Å². The Hall–Kier alpha value is -2.10. The van der Waals surface area contributed by atoms with Gasteiger partial charge in [-0.05, 0) is 31.0 Å². The molecule has 3 nitrogen and oxygen atoms in total. The Labute approximate surface area is 110 Å². The third-order valence-corrected chi connectivity index (χ3v) is 3.51. The fourth-order valence-electron chi connectivity index (χ4n) is 2.62. The number of likely N-dealkylation sites (tertiary alicyclic amines) is 1. The van der Waals surface area contributed by atoms with Crippen molar-refractivity contribution in [1.29, 1.82) is 0 Å². The number of carbonyl (C=O) groups is 1. The van der Waals surface area contributed by atoms with Gasteiger partial charge in [-0.1, -0.05) is 18.2 Å². The lowest BCUT2D eigenvalue weighted by atomic mass is 10.0. The van der Waals surface area contributed by atoms with Crippen LogP contribution in [0.3, 0.4) is 0 Å². The first-order valence-corrected chi connectivity index (χ1v) is 6.36. The fourth-order valence-corrected chi connectivity index (χ4v) is 2.62. The molecule has 4 heteroatoms. The average molecular weight is 259 g/mol. The molecule has 2 aromatic rings. The first-order chi connectivity index (χ1) is 9.27. The van der Waals surface area contributed by atoms with Crippen molar-refractivity contribution in [3.05, 3.63) is 59.8 Å². The third kappa shape index (κ3) is 2.14. The van der Waals surface area contributed by atoms with E-state index in [-0.39, 0.29) is 17.8 Å². The normalized spacial score (nSPS) is 18.8. The first kappa shape index (κ1) is 12.0. The molecule has 1 aromatic heterocycles. The van der Waals surface area contributed by atoms with Crippen molar-refractivity contribution in [3.63, 3.8) is 0 Å². The van der Waals surface area contributed by atoms with Gasteiger partial charge in [0.15, 0.2) is 5.76 Å². The van der Waals surface area contributed by atoms with E-state index in [4.69, 9.17) is 4.42 Å². The van der Waals surface area contributed by atoms with Gasteiger partial charge in [0, 0.05) is 12.1 Å². The zero-order valence-corrected chi connectivity index (χ0v) is 10.4. The van der Waals surface area contributed by atoms with Crippen molar-refractivity contribution < 1.29 is 13.6 Å². The second-order valence-electron chi connectivity index (χ2n) is 4.66. The lowest BCUT2D eigenvalue weighted by molar-refractivity contribution is 0.0701. The Morgan fingerprint density at radius 1 is 1.26 bits per heavy atom. The summed E-state index contributed by atoms with van der Waals surface area (Å²) in [4.78, 5) is 14.0. The minimum Gasteiger partial charge on any atom is -0.459 e. The lowest BCUT2D eigenvalue weighted by Crippen LogP contribution is -2.30. The van der Waals surface area contributed by atoms with E-state index in [1.807, 2.05) is 0 Å². The van der Waals surface area contributed by atoms with Gasteiger partial charge in [-0.25, -0.2) is 4.39 Å². The molecule has 0 aliphatic carbocycles. The van der Waals surface area contributed by atoms with E-state index in [2.05, 4.69) is 0 Å². The minimum absolute atomic E-state index is 0.171. The van der Waals surface area contributed by atoms with E-state index in [0.29, 0.717) is 17.9 Å². The maximum Gasteiger partial charge on any atom is 0.290 e. The molecule has 1 amide bonds. The molecule has 1 aliphatic rings. The lowest BCUT2D eigenvalue weighted by Gasteiger charge is -2.24. The van der Waals surface area contributed by atoms with Crippen LogP contribution in [-0.2, 0) is 0 Å². The molecule has 3 rings (SSSR count). The molecule has 0 saturated carbocycles. The van der Waals surface area contributed by atoms with Gasteiger partial charge in [-0.15, -0.1) is 0 Å². The molecule has 1 aliphatic heterocycles. The predicted octanol–water partition coefficient (Wildman–Crippen LogP) is 3.40. The van der Waals surface area contributed by atoms with Gasteiger partial charge in [0.1, 0.15) is 5.82 Å². The van der Waals surface area contributed by atoms with Crippen LogP contribution in [0.25, 0.3) is 0 Å². The number of furan rings is 1. The highest BCUT2D eigenvalue weighted by Crippen LogP contribution is 2.34. The van der Waals surface area contributed by atoms with E-state index in [9.17, 15) is 9.18 Å². The van der Waals surface area contributed by atoms with Gasteiger partial charge in [0.25, 0.3) is 5.91 Å². The van der Waals surface area contributed by atoms with Crippen LogP contribution in [0.4, 0.5) is 4.39 Å². The van der Waals surface area contributed by atoms with Gasteiger partial charge in [0.2, 0.25) is 0 Å². The van der Waals surface area contributed by atoms with Crippen LogP contribution in [0.5, 0.6) is 0 Å². The number of amides is 1. The molecule has 98 valence electrons. The van der Waals surface area contributed by atoms with E-state index in [1.54, 1.807) is 35.2 Å². The molecular weight excluding hydrogens is 245 g/mol. The summed E-state index contributed by atoms with van der Waals surface area (Å²) in [6, 6.07) is 9.76. The third-order valence-electron chi connectivity index (χ3n) is 3.51. The van der Waals surface area contributed by atoms with Crippen molar-refractivity contribution in [3.8, 4) is 0 Å². The van der Waals surface area contributed by atoms with Crippen LogP contribution in [0.15, 0.2) is 47.1 Å². The van der Waals surface area contributed by atoms with E-state index in [0.717, 1.165) is 12.8 Å². The quantitative estimate of drug-likeness (QED) is 0.828. The highest BCUT2D eigenvalue weighted by molar-refractivity contribution is 5.91. The Balaban J connectivity index is 1.90. The number of nitrogens with zero attached hydrogens (tertiary/aromatic N) is 1. The number of hydrogen-bond donors (Lipinski definition) is 0. The fraction of sp³-hybridized carbons (Fsp3) is 0.267. The first-order valence-electron chi connectivity index (χ1n) is 6.36. The van der Waals surface area contributed by atoms with Crippen molar-refractivity contribution in [2.24, 2.45) is 0 Å². The van der Waals surface area contributed by atoms with Crippen molar-refractivity contribution in [2.75, 3.05) is 6.54 Å². The van der Waals surface area contributed by atoms with Crippen LogP contribution >= 0.6 is 0 Å². The summed E-state index contributed by atoms with van der Waals surface area (Å²) in [5.74, 6) is -0.120. The Kier molecular flexibility index (Phi) is 3.07. The summed E-state index contributed by atoms with van der Waals surface area (Å²) in [5.41, 5.74) is 0.583. The summed E-state index contributed by atoms with van der Waals surface area (Å²) < 4.78 is 19.0. The predicted molar refractivity (Wildman–Crippen MR) is 68.1 cm³/mol. The summed E-state index contributed by atoms with van der Waals surface area (Å²) in [6.45, 7) is 0.637. The molecule has 1 atom stereocenters. The van der Waals surface area contributed by atoms with Crippen LogP contribution in [-0.4, -0.2) is 17.4 Å². The second kappa shape index (κ2) is 4.88. The topological polar surface area (TPSA) is 33.5 Å². The molecule has 0 bridgehead atoms. The summed E-state index contributed by atoms with van der Waals surface area (Å²) in [7, 11) is 0. The highest BCUT2D eigenvalue weighted by Gasteiger charge is 2.33. The van der Waals surface area contributed by atoms with Crippen LogP contribution in [0, 0.1) is 5.82 Å². The molecule has 0 radical (unpaired) electrons. The Bertz CT molecular complexity index is 580. The van der Waals surface area contributed by atoms with Gasteiger partial charge in [-0.2, -0.15) is 0 Å². The van der Waals surface area contributed by atoms with Crippen LogP contribution in [0.1, 0.15) is 35.0 Å². The number of hydrogen-bond acceptors (Lipinski definition) is 2. The average Bonchev–Trinajstić information content (AvgIpc) is 3.10. The number of benzene rings is 1. The second-order valence-corrected chi connectivity index (χ2v) is 4.66. The maximum absolute atomic E-state index is 13.9. The monoisotopic (exact) mass is 259 g/mol. The van der Waals surface area contributed by atoms with E-state index < -0.39 is 0 Å². The van der Waals surface area contributed by atoms with Gasteiger partial charge in [0.05, 0.1) is 12.3 Å². The van der Waals surface area contributed by atoms with Crippen LogP contribution < -0.4 is 0 Å². The molecule has 0 unspecified atom stereocenters. The highest BCUT2D eigenvalue weighted by atomic mass is 19.1. The van der Waals surface area contributed by atoms with E-state index >= 15 is 0 Å². The van der Waals surface area contributed by atoms with Crippen molar-refractivity contribution in [2.45, 2.75) is 18.9 Å². The van der Waals surface area contributed by atoms with Crippen molar-refractivity contribution in [1.82, 2.24) is 4.90 Å². The molecule has 19 heavy (non-hydrogen) atoms. The smallest absolute Gasteiger partial charge is 0.290 e. The summed E-state index contributed by atoms with van der Waals surface area (Å²) >= 11 is 0. The van der Waals surface area contributed by atoms with E-state index in [1.165, 1.54) is 12.3 Å². The van der Waals surface area contributed by atoms with Gasteiger partial charge < -0.3 is 9.32 Å². The zero-order valence-electron chi connectivity index (χ0n) is 10.4. The molecule has 1 fully saturated rings. The zero-order chi connectivity index (χ0) is 13.2. The molecular formula is C15H14FNO2. The molecule has 0 N–H and O–H groups in total. The Morgan fingerprint density at radius 3 is 2.84 bits per heavy atom. The summed E-state index contributed by atoms with van der Waals surface area (Å²) in [5, 5.41) is 0. The van der Waals surface area contributed by atoms with Gasteiger partial charge >= 0.3 is 0 Å². The van der Waals surface area contributed by atoms with Gasteiger partial charge in [-0.3, -0.25) is 4.79 Å². The van der Waals surface area contributed by atoms with Crippen molar-refractivity contribution >= 4 is 5.91 Å². The maximum atomic E-state index is 13.9. The summed E-state index contributed by atoms with van der Waals surface area (Å²) in [6.07, 6.45) is 3.14.